The van der Waals surface area contributed by atoms with Crippen molar-refractivity contribution < 1.29 is 8.42 Å². The summed E-state index contributed by atoms with van der Waals surface area (Å²) in [5.74, 6) is 0.500. The zero-order valence-corrected chi connectivity index (χ0v) is 8.50. The van der Waals surface area contributed by atoms with Crippen LogP contribution in [-0.2, 0) is 17.1 Å². The van der Waals surface area contributed by atoms with Gasteiger partial charge in [-0.2, -0.15) is 5.10 Å². The Bertz CT molecular complexity index is 369. The average molecular weight is 203 g/mol. The van der Waals surface area contributed by atoms with Crippen molar-refractivity contribution in [3.8, 4) is 0 Å². The van der Waals surface area contributed by atoms with Crippen molar-refractivity contribution in [3.63, 3.8) is 0 Å². The molecule has 0 atom stereocenters. The summed E-state index contributed by atoms with van der Waals surface area (Å²) in [6.07, 6.45) is 2.28. The van der Waals surface area contributed by atoms with Crippen molar-refractivity contribution in [1.29, 1.82) is 0 Å². The van der Waals surface area contributed by atoms with Crippen LogP contribution in [0.25, 0.3) is 0 Å². The summed E-state index contributed by atoms with van der Waals surface area (Å²) in [6, 6.07) is 1.62. The van der Waals surface area contributed by atoms with Crippen LogP contribution in [0.4, 0.5) is 5.82 Å². The van der Waals surface area contributed by atoms with Crippen LogP contribution in [0.15, 0.2) is 12.3 Å². The van der Waals surface area contributed by atoms with Gasteiger partial charge in [0.05, 0.1) is 5.75 Å². The number of aromatic nitrogens is 2. The standard InChI is InChI=1S/C7H13N3O2S/c1-3-6-13(11,12)9-7-4-5-10(2)8-7/h4-5H,3,6H2,1-2H3,(H,8,9). The molecule has 1 N–H and O–H groups in total. The molecule has 0 aliphatic carbocycles. The van der Waals surface area contributed by atoms with Crippen LogP contribution >= 0.6 is 0 Å². The molecule has 0 radical (unpaired) electrons. The summed E-state index contributed by atoms with van der Waals surface area (Å²) in [7, 11) is -1.46. The van der Waals surface area contributed by atoms with Crippen LogP contribution < -0.4 is 4.72 Å². The second-order valence-electron chi connectivity index (χ2n) is 2.80. The third kappa shape index (κ3) is 3.06. The van der Waals surface area contributed by atoms with Gasteiger partial charge in [0.15, 0.2) is 5.82 Å². The Balaban J connectivity index is 2.69. The maximum atomic E-state index is 11.2. The molecule has 5 nitrogen and oxygen atoms in total. The smallest absolute Gasteiger partial charge is 0.233 e. The van der Waals surface area contributed by atoms with E-state index in [0.717, 1.165) is 0 Å². The van der Waals surface area contributed by atoms with Crippen LogP contribution in [0.1, 0.15) is 13.3 Å². The highest BCUT2D eigenvalue weighted by Crippen LogP contribution is 2.04. The lowest BCUT2D eigenvalue weighted by Gasteiger charge is -2.02. The molecule has 1 aromatic rings. The molecular formula is C7H13N3O2S. The fourth-order valence-electron chi connectivity index (χ4n) is 0.949. The number of nitrogens with one attached hydrogen (secondary N) is 1. The van der Waals surface area contributed by atoms with Crippen LogP contribution in [0.3, 0.4) is 0 Å². The molecule has 0 aliphatic rings. The summed E-state index contributed by atoms with van der Waals surface area (Å²) in [5.41, 5.74) is 0. The van der Waals surface area contributed by atoms with Crippen molar-refractivity contribution >= 4 is 15.8 Å². The number of hydrogen-bond acceptors (Lipinski definition) is 3. The lowest BCUT2D eigenvalue weighted by Crippen LogP contribution is -2.16. The van der Waals surface area contributed by atoms with Crippen molar-refractivity contribution in [2.45, 2.75) is 13.3 Å². The highest BCUT2D eigenvalue weighted by Gasteiger charge is 2.09. The van der Waals surface area contributed by atoms with E-state index in [1.165, 1.54) is 0 Å². The van der Waals surface area contributed by atoms with E-state index in [4.69, 9.17) is 0 Å². The highest BCUT2D eigenvalue weighted by atomic mass is 32.2. The first-order chi connectivity index (χ1) is 6.03. The number of aryl methyl sites for hydroxylation is 1. The van der Waals surface area contributed by atoms with Gasteiger partial charge in [-0.05, 0) is 6.42 Å². The Morgan fingerprint density at radius 3 is 2.77 bits per heavy atom. The third-order valence-electron chi connectivity index (χ3n) is 1.45. The van der Waals surface area contributed by atoms with E-state index in [0.29, 0.717) is 12.2 Å². The van der Waals surface area contributed by atoms with Gasteiger partial charge in [-0.1, -0.05) is 6.92 Å². The minimum Gasteiger partial charge on any atom is -0.274 e. The van der Waals surface area contributed by atoms with Crippen molar-refractivity contribution in [1.82, 2.24) is 9.78 Å². The zero-order valence-electron chi connectivity index (χ0n) is 7.69. The maximum absolute atomic E-state index is 11.2. The second-order valence-corrected chi connectivity index (χ2v) is 4.64. The van der Waals surface area contributed by atoms with Gasteiger partial charge in [0, 0.05) is 19.3 Å². The van der Waals surface area contributed by atoms with E-state index in [-0.39, 0.29) is 5.75 Å². The third-order valence-corrected chi connectivity index (χ3v) is 2.91. The second kappa shape index (κ2) is 3.78. The highest BCUT2D eigenvalue weighted by molar-refractivity contribution is 7.92. The van der Waals surface area contributed by atoms with E-state index in [2.05, 4.69) is 9.82 Å². The molecular weight excluding hydrogens is 190 g/mol. The van der Waals surface area contributed by atoms with Gasteiger partial charge < -0.3 is 0 Å². The van der Waals surface area contributed by atoms with E-state index < -0.39 is 10.0 Å². The lowest BCUT2D eigenvalue weighted by molar-refractivity contribution is 0.599. The van der Waals surface area contributed by atoms with Gasteiger partial charge in [-0.3, -0.25) is 9.40 Å². The lowest BCUT2D eigenvalue weighted by atomic mass is 10.6. The van der Waals surface area contributed by atoms with E-state index in [9.17, 15) is 8.42 Å². The van der Waals surface area contributed by atoms with Crippen molar-refractivity contribution in [2.24, 2.45) is 7.05 Å². The average Bonchev–Trinajstić information content (AvgIpc) is 2.34. The van der Waals surface area contributed by atoms with Gasteiger partial charge in [-0.15, -0.1) is 0 Å². The summed E-state index contributed by atoms with van der Waals surface area (Å²) in [6.45, 7) is 1.82. The SMILES string of the molecule is CCCS(=O)(=O)Nc1ccn(C)n1. The Morgan fingerprint density at radius 1 is 1.62 bits per heavy atom. The molecule has 0 amide bonds. The maximum Gasteiger partial charge on any atom is 0.233 e. The molecule has 1 rings (SSSR count). The molecule has 0 saturated heterocycles. The van der Waals surface area contributed by atoms with Crippen LogP contribution in [0, 0.1) is 0 Å². The van der Waals surface area contributed by atoms with Crippen LogP contribution in [0.5, 0.6) is 0 Å². The molecule has 0 unspecified atom stereocenters. The predicted octanol–water partition coefficient (Wildman–Crippen LogP) is 0.572. The zero-order chi connectivity index (χ0) is 9.90. The van der Waals surface area contributed by atoms with Crippen LogP contribution in [-0.4, -0.2) is 24.0 Å². The Hall–Kier alpha value is -1.04. The van der Waals surface area contributed by atoms with Gasteiger partial charge in [0.2, 0.25) is 10.0 Å². The minimum absolute atomic E-state index is 0.129. The Labute approximate surface area is 77.8 Å². The molecule has 0 aliphatic heterocycles. The molecule has 74 valence electrons. The first-order valence-electron chi connectivity index (χ1n) is 4.03. The molecule has 0 aromatic carbocycles. The summed E-state index contributed by atoms with van der Waals surface area (Å²) < 4.78 is 26.4. The molecule has 1 aromatic heterocycles. The van der Waals surface area contributed by atoms with Gasteiger partial charge in [-0.25, -0.2) is 8.42 Å². The fraction of sp³-hybridized carbons (Fsp3) is 0.571. The normalized spacial score (nSPS) is 11.5. The topological polar surface area (TPSA) is 64.0 Å². The molecule has 13 heavy (non-hydrogen) atoms. The molecule has 0 saturated carbocycles. The molecule has 0 fully saturated rings. The number of hydrogen-bond donors (Lipinski definition) is 1. The summed E-state index contributed by atoms with van der Waals surface area (Å²) in [5, 5.41) is 3.90. The van der Waals surface area contributed by atoms with Gasteiger partial charge >= 0.3 is 0 Å². The monoisotopic (exact) mass is 203 g/mol. The minimum atomic E-state index is -3.20. The predicted molar refractivity (Wildman–Crippen MR) is 50.9 cm³/mol. The number of nitrogens with zero attached hydrogens (tertiary/aromatic N) is 2. The molecule has 0 spiro atoms. The van der Waals surface area contributed by atoms with Crippen molar-refractivity contribution in [3.05, 3.63) is 12.3 Å². The Kier molecular flexibility index (Phi) is 2.92. The first-order valence-corrected chi connectivity index (χ1v) is 5.69. The molecule has 1 heterocycles. The number of anilines is 1. The fourth-order valence-corrected chi connectivity index (χ4v) is 2.02. The molecule has 0 bridgehead atoms. The first kappa shape index (κ1) is 10.0. The summed E-state index contributed by atoms with van der Waals surface area (Å²) >= 11 is 0. The number of sulfonamides is 1. The van der Waals surface area contributed by atoms with Crippen LogP contribution in [0.2, 0.25) is 0 Å². The Morgan fingerprint density at radius 2 is 2.31 bits per heavy atom. The van der Waals surface area contributed by atoms with Crippen molar-refractivity contribution in [2.75, 3.05) is 10.5 Å². The van der Waals surface area contributed by atoms with E-state index in [1.54, 1.807) is 24.0 Å². The van der Waals surface area contributed by atoms with E-state index >= 15 is 0 Å². The number of rotatable bonds is 4. The van der Waals surface area contributed by atoms with Gasteiger partial charge in [0.1, 0.15) is 0 Å². The van der Waals surface area contributed by atoms with E-state index in [1.807, 2.05) is 6.92 Å². The van der Waals surface area contributed by atoms with Gasteiger partial charge in [0.25, 0.3) is 0 Å². The largest absolute Gasteiger partial charge is 0.274 e. The quantitative estimate of drug-likeness (QED) is 0.778. The summed E-state index contributed by atoms with van der Waals surface area (Å²) in [4.78, 5) is 0. The molecule has 6 heteroatoms.